The van der Waals surface area contributed by atoms with E-state index < -0.39 is 12.2 Å². The van der Waals surface area contributed by atoms with Gasteiger partial charge in [-0.05, 0) is 29.8 Å². The first-order valence-corrected chi connectivity index (χ1v) is 7.83. The van der Waals surface area contributed by atoms with E-state index in [1.165, 1.54) is 12.1 Å². The molecule has 2 aromatic rings. The first kappa shape index (κ1) is 16.5. The van der Waals surface area contributed by atoms with Crippen LogP contribution in [0.15, 0.2) is 36.4 Å². The lowest BCUT2D eigenvalue weighted by molar-refractivity contribution is 0.0497. The van der Waals surface area contributed by atoms with E-state index in [0.717, 1.165) is 0 Å². The Bertz CT molecular complexity index is 784. The van der Waals surface area contributed by atoms with Gasteiger partial charge in [-0.2, -0.15) is 0 Å². The molecule has 1 heterocycles. The highest BCUT2D eigenvalue weighted by Crippen LogP contribution is 2.36. The van der Waals surface area contributed by atoms with Crippen LogP contribution in [0.25, 0.3) is 11.1 Å². The molecule has 0 aliphatic carbocycles. The third kappa shape index (κ3) is 3.02. The Labute approximate surface area is 143 Å². The maximum absolute atomic E-state index is 14.1. The first-order chi connectivity index (χ1) is 11.5. The largest absolute Gasteiger partial charge is 0.397 e. The monoisotopic (exact) mass is 349 g/mol. The van der Waals surface area contributed by atoms with Gasteiger partial charge in [-0.15, -0.1) is 0 Å². The fourth-order valence-electron chi connectivity index (χ4n) is 2.81. The molecule has 1 unspecified atom stereocenters. The molecule has 0 saturated carbocycles. The third-order valence-electron chi connectivity index (χ3n) is 3.99. The Balaban J connectivity index is 2.10. The molecule has 1 atom stereocenters. The maximum Gasteiger partial charge on any atom is 0.249 e. The van der Waals surface area contributed by atoms with Gasteiger partial charge in [-0.25, -0.2) is 4.39 Å². The molecule has 1 aliphatic heterocycles. The molecule has 4 N–H and O–H groups in total. The minimum atomic E-state index is -1.22. The molecule has 126 valence electrons. The highest BCUT2D eigenvalue weighted by atomic mass is 35.5. The summed E-state index contributed by atoms with van der Waals surface area (Å²) in [6, 6.07) is 10.2. The number of morpholine rings is 1. The average molecular weight is 350 g/mol. The van der Waals surface area contributed by atoms with Crippen molar-refractivity contribution in [2.45, 2.75) is 6.30 Å². The predicted molar refractivity (Wildman–Crippen MR) is 92.9 cm³/mol. The predicted octanol–water partition coefficient (Wildman–Crippen LogP) is 2.82. The summed E-state index contributed by atoms with van der Waals surface area (Å²) in [4.78, 5) is 13.3. The minimum absolute atomic E-state index is 0.0239. The summed E-state index contributed by atoms with van der Waals surface area (Å²) < 4.78 is 19.2. The molecule has 7 heteroatoms. The Hall–Kier alpha value is -2.31. The summed E-state index contributed by atoms with van der Waals surface area (Å²) in [5.41, 5.74) is 13.8. The van der Waals surface area contributed by atoms with E-state index in [-0.39, 0.29) is 17.9 Å². The summed E-state index contributed by atoms with van der Waals surface area (Å²) in [6.07, 6.45) is -1.22. The number of nitrogen functional groups attached to an aromatic ring is 1. The number of hydrogen-bond acceptors (Lipinski definition) is 4. The van der Waals surface area contributed by atoms with E-state index in [4.69, 9.17) is 27.8 Å². The number of anilines is 2. The van der Waals surface area contributed by atoms with Crippen LogP contribution in [0.1, 0.15) is 10.4 Å². The Morgan fingerprint density at radius 2 is 2.12 bits per heavy atom. The van der Waals surface area contributed by atoms with E-state index in [0.29, 0.717) is 35.0 Å². The smallest absolute Gasteiger partial charge is 0.249 e. The van der Waals surface area contributed by atoms with Crippen molar-refractivity contribution >= 4 is 28.9 Å². The molecule has 1 fully saturated rings. The zero-order chi connectivity index (χ0) is 17.3. The number of halogens is 2. The zero-order valence-corrected chi connectivity index (χ0v) is 13.6. The van der Waals surface area contributed by atoms with Crippen molar-refractivity contribution in [2.75, 3.05) is 30.4 Å². The van der Waals surface area contributed by atoms with Crippen LogP contribution < -0.4 is 16.4 Å². The summed E-state index contributed by atoms with van der Waals surface area (Å²) in [6.45, 7) is 0.922. The molecule has 0 aromatic heterocycles. The van der Waals surface area contributed by atoms with E-state index in [1.807, 2.05) is 0 Å². The number of benzene rings is 2. The van der Waals surface area contributed by atoms with Crippen LogP contribution in [0, 0.1) is 0 Å². The summed E-state index contributed by atoms with van der Waals surface area (Å²) in [7, 11) is 0. The van der Waals surface area contributed by atoms with Crippen molar-refractivity contribution in [3.8, 4) is 11.1 Å². The van der Waals surface area contributed by atoms with E-state index in [2.05, 4.69) is 0 Å². The van der Waals surface area contributed by atoms with Gasteiger partial charge in [0, 0.05) is 23.4 Å². The SMILES string of the molecule is NC(=O)c1ccc(Cl)c(N)c1-c1cccc(N2CCOCC2F)c1. The molecule has 24 heavy (non-hydrogen) atoms. The lowest BCUT2D eigenvalue weighted by Crippen LogP contribution is -2.42. The molecule has 0 bridgehead atoms. The van der Waals surface area contributed by atoms with Gasteiger partial charge in [0.15, 0.2) is 6.30 Å². The molecular weight excluding hydrogens is 333 g/mol. The lowest BCUT2D eigenvalue weighted by Gasteiger charge is -2.32. The normalized spacial score (nSPS) is 17.8. The number of ether oxygens (including phenoxy) is 1. The van der Waals surface area contributed by atoms with E-state index in [1.54, 1.807) is 29.2 Å². The van der Waals surface area contributed by atoms with E-state index in [9.17, 15) is 9.18 Å². The molecule has 1 aliphatic rings. The second kappa shape index (κ2) is 6.67. The van der Waals surface area contributed by atoms with Crippen molar-refractivity contribution in [3.63, 3.8) is 0 Å². The second-order valence-electron chi connectivity index (χ2n) is 5.50. The van der Waals surface area contributed by atoms with Crippen LogP contribution in [-0.2, 0) is 4.74 Å². The van der Waals surface area contributed by atoms with Gasteiger partial charge in [0.2, 0.25) is 5.91 Å². The van der Waals surface area contributed by atoms with Gasteiger partial charge in [-0.1, -0.05) is 23.7 Å². The fraction of sp³-hybridized carbons (Fsp3) is 0.235. The molecule has 2 aromatic carbocycles. The molecule has 1 amide bonds. The lowest BCUT2D eigenvalue weighted by atomic mass is 9.96. The standard InChI is InChI=1S/C17H17ClFN3O2/c18-13-5-4-12(17(21)23)15(16(13)20)10-2-1-3-11(8-10)22-6-7-24-9-14(22)19/h1-5,8,14H,6-7,9,20H2,(H2,21,23). The van der Waals surface area contributed by atoms with Gasteiger partial charge < -0.3 is 21.1 Å². The van der Waals surface area contributed by atoms with Crippen molar-refractivity contribution in [3.05, 3.63) is 47.0 Å². The number of alkyl halides is 1. The maximum atomic E-state index is 14.1. The van der Waals surface area contributed by atoms with Crippen LogP contribution in [0.3, 0.4) is 0 Å². The zero-order valence-electron chi connectivity index (χ0n) is 12.8. The number of carbonyl (C=O) groups excluding carboxylic acids is 1. The van der Waals surface area contributed by atoms with Crippen molar-refractivity contribution < 1.29 is 13.9 Å². The summed E-state index contributed by atoms with van der Waals surface area (Å²) in [5, 5.41) is 0.329. The van der Waals surface area contributed by atoms with Crippen LogP contribution >= 0.6 is 11.6 Å². The molecular formula is C17H17ClFN3O2. The molecule has 0 radical (unpaired) electrons. The van der Waals surface area contributed by atoms with Crippen LogP contribution in [0.4, 0.5) is 15.8 Å². The Morgan fingerprint density at radius 1 is 1.33 bits per heavy atom. The molecule has 1 saturated heterocycles. The van der Waals surface area contributed by atoms with Crippen LogP contribution in [0.5, 0.6) is 0 Å². The quantitative estimate of drug-likeness (QED) is 0.659. The first-order valence-electron chi connectivity index (χ1n) is 7.45. The minimum Gasteiger partial charge on any atom is -0.397 e. The van der Waals surface area contributed by atoms with Gasteiger partial charge in [0.05, 0.1) is 23.9 Å². The molecule has 0 spiro atoms. The molecule has 3 rings (SSSR count). The Kier molecular flexibility index (Phi) is 4.59. The van der Waals surface area contributed by atoms with Crippen molar-refractivity contribution in [2.24, 2.45) is 5.73 Å². The number of primary amides is 1. The number of nitrogens with two attached hydrogens (primary N) is 2. The number of carbonyl (C=O) groups is 1. The topological polar surface area (TPSA) is 81.6 Å². The third-order valence-corrected chi connectivity index (χ3v) is 4.32. The highest BCUT2D eigenvalue weighted by Gasteiger charge is 2.23. The summed E-state index contributed by atoms with van der Waals surface area (Å²) in [5.74, 6) is -0.603. The van der Waals surface area contributed by atoms with Crippen molar-refractivity contribution in [1.82, 2.24) is 0 Å². The second-order valence-corrected chi connectivity index (χ2v) is 5.91. The highest BCUT2D eigenvalue weighted by molar-refractivity contribution is 6.34. The van der Waals surface area contributed by atoms with Gasteiger partial charge in [0.25, 0.3) is 0 Å². The average Bonchev–Trinajstić information content (AvgIpc) is 2.57. The van der Waals surface area contributed by atoms with Gasteiger partial charge in [-0.3, -0.25) is 4.79 Å². The van der Waals surface area contributed by atoms with Crippen molar-refractivity contribution in [1.29, 1.82) is 0 Å². The van der Waals surface area contributed by atoms with Gasteiger partial charge >= 0.3 is 0 Å². The van der Waals surface area contributed by atoms with Crippen LogP contribution in [-0.4, -0.2) is 32.0 Å². The number of nitrogens with zero attached hydrogens (tertiary/aromatic N) is 1. The van der Waals surface area contributed by atoms with Crippen LogP contribution in [0.2, 0.25) is 5.02 Å². The van der Waals surface area contributed by atoms with Gasteiger partial charge in [0.1, 0.15) is 0 Å². The van der Waals surface area contributed by atoms with E-state index >= 15 is 0 Å². The summed E-state index contributed by atoms with van der Waals surface area (Å²) >= 11 is 6.09. The molecule has 5 nitrogen and oxygen atoms in total. The number of amides is 1. The number of rotatable bonds is 3. The fourth-order valence-corrected chi connectivity index (χ4v) is 2.97. The number of hydrogen-bond donors (Lipinski definition) is 2. The Morgan fingerprint density at radius 3 is 2.83 bits per heavy atom.